The number of rotatable bonds is 4. The van der Waals surface area contributed by atoms with E-state index in [0.29, 0.717) is 18.3 Å². The third kappa shape index (κ3) is 5.37. The highest BCUT2D eigenvalue weighted by molar-refractivity contribution is 5.69. The molecule has 132 valence electrons. The molecular weight excluding hydrogens is 296 g/mol. The molecule has 0 unspecified atom stereocenters. The van der Waals surface area contributed by atoms with Gasteiger partial charge < -0.3 is 19.3 Å². The minimum atomic E-state index is -0.433. The highest BCUT2D eigenvalue weighted by Gasteiger charge is 2.39. The number of ether oxygens (including phenoxy) is 2. The van der Waals surface area contributed by atoms with E-state index in [1.807, 2.05) is 20.8 Å². The third-order valence-corrected chi connectivity index (χ3v) is 4.63. The lowest BCUT2D eigenvalue weighted by Gasteiger charge is -2.46. The fraction of sp³-hybridized carbons (Fsp3) is 0.882. The van der Waals surface area contributed by atoms with Crippen molar-refractivity contribution >= 4 is 12.1 Å². The zero-order chi connectivity index (χ0) is 17.0. The molecule has 2 aliphatic heterocycles. The molecular formula is C17H30N2O4. The van der Waals surface area contributed by atoms with Gasteiger partial charge in [0.15, 0.2) is 0 Å². The average Bonchev–Trinajstić information content (AvgIpc) is 2.41. The van der Waals surface area contributed by atoms with Gasteiger partial charge in [-0.25, -0.2) is 4.79 Å². The Kier molecular flexibility index (Phi) is 5.89. The maximum absolute atomic E-state index is 12.0. The molecule has 0 saturated carbocycles. The third-order valence-electron chi connectivity index (χ3n) is 4.63. The molecule has 0 aliphatic carbocycles. The first kappa shape index (κ1) is 18.0. The first-order valence-corrected chi connectivity index (χ1v) is 8.55. The van der Waals surface area contributed by atoms with Crippen molar-refractivity contribution in [2.45, 2.75) is 45.6 Å². The minimum absolute atomic E-state index is 0.146. The molecule has 1 atom stereocenters. The van der Waals surface area contributed by atoms with Crippen molar-refractivity contribution in [2.24, 2.45) is 11.8 Å². The average molecular weight is 326 g/mol. The van der Waals surface area contributed by atoms with Gasteiger partial charge in [0.1, 0.15) is 5.60 Å². The summed E-state index contributed by atoms with van der Waals surface area (Å²) in [4.78, 5) is 27.4. The SMILES string of the molecule is COC(=O)CCN1CCC[C@H](C2CN(C(=O)OC(C)(C)C)C2)C1. The Hall–Kier alpha value is -1.30. The number of esters is 1. The van der Waals surface area contributed by atoms with Crippen molar-refractivity contribution in [3.8, 4) is 0 Å². The fourth-order valence-corrected chi connectivity index (χ4v) is 3.32. The van der Waals surface area contributed by atoms with Crippen LogP contribution in [-0.2, 0) is 14.3 Å². The summed E-state index contributed by atoms with van der Waals surface area (Å²) in [5, 5.41) is 0. The zero-order valence-electron chi connectivity index (χ0n) is 14.8. The molecule has 0 aromatic rings. The second-order valence-corrected chi connectivity index (χ2v) is 7.67. The molecule has 0 aromatic heterocycles. The van der Waals surface area contributed by atoms with Crippen molar-refractivity contribution < 1.29 is 19.1 Å². The standard InChI is InChI=1S/C17H30N2O4/c1-17(2,3)23-16(21)19-11-14(12-19)13-6-5-8-18(10-13)9-7-15(20)22-4/h13-14H,5-12H2,1-4H3/t13-/m0/s1. The number of hydrogen-bond acceptors (Lipinski definition) is 5. The lowest BCUT2D eigenvalue weighted by molar-refractivity contribution is -0.141. The Balaban J connectivity index is 1.72. The van der Waals surface area contributed by atoms with Crippen LogP contribution in [0.1, 0.15) is 40.0 Å². The summed E-state index contributed by atoms with van der Waals surface area (Å²) in [6.45, 7) is 10.1. The van der Waals surface area contributed by atoms with E-state index in [1.165, 1.54) is 13.5 Å². The summed E-state index contributed by atoms with van der Waals surface area (Å²) in [5.41, 5.74) is -0.433. The van der Waals surface area contributed by atoms with E-state index in [2.05, 4.69) is 4.90 Å². The highest BCUT2D eigenvalue weighted by atomic mass is 16.6. The molecule has 0 bridgehead atoms. The van der Waals surface area contributed by atoms with Gasteiger partial charge in [0.2, 0.25) is 0 Å². The molecule has 0 aromatic carbocycles. The predicted octanol–water partition coefficient (Wildman–Crippen LogP) is 2.13. The Morgan fingerprint density at radius 2 is 1.83 bits per heavy atom. The minimum Gasteiger partial charge on any atom is -0.469 e. The zero-order valence-corrected chi connectivity index (χ0v) is 14.8. The van der Waals surface area contributed by atoms with E-state index in [1.54, 1.807) is 4.90 Å². The van der Waals surface area contributed by atoms with Crippen molar-refractivity contribution in [2.75, 3.05) is 39.8 Å². The lowest BCUT2D eigenvalue weighted by Crippen LogP contribution is -2.56. The van der Waals surface area contributed by atoms with Crippen molar-refractivity contribution in [3.63, 3.8) is 0 Å². The van der Waals surface area contributed by atoms with Gasteiger partial charge in [-0.3, -0.25) is 4.79 Å². The van der Waals surface area contributed by atoms with E-state index in [-0.39, 0.29) is 12.1 Å². The van der Waals surface area contributed by atoms with Gasteiger partial charge in [-0.2, -0.15) is 0 Å². The predicted molar refractivity (Wildman–Crippen MR) is 87.1 cm³/mol. The van der Waals surface area contributed by atoms with E-state index in [4.69, 9.17) is 9.47 Å². The largest absolute Gasteiger partial charge is 0.469 e. The number of methoxy groups -OCH3 is 1. The van der Waals surface area contributed by atoms with E-state index in [0.717, 1.165) is 39.1 Å². The molecule has 6 nitrogen and oxygen atoms in total. The second kappa shape index (κ2) is 7.51. The van der Waals surface area contributed by atoms with Crippen LogP contribution in [0.25, 0.3) is 0 Å². The van der Waals surface area contributed by atoms with Crippen molar-refractivity contribution in [1.29, 1.82) is 0 Å². The summed E-state index contributed by atoms with van der Waals surface area (Å²) in [5.74, 6) is 1.02. The van der Waals surface area contributed by atoms with E-state index in [9.17, 15) is 9.59 Å². The Labute approximate surface area is 139 Å². The first-order chi connectivity index (χ1) is 10.8. The molecule has 2 rings (SSSR count). The smallest absolute Gasteiger partial charge is 0.410 e. The first-order valence-electron chi connectivity index (χ1n) is 8.55. The van der Waals surface area contributed by atoms with Gasteiger partial charge in [-0.15, -0.1) is 0 Å². The number of amides is 1. The van der Waals surface area contributed by atoms with Gasteiger partial charge in [0, 0.05) is 26.2 Å². The number of likely N-dealkylation sites (tertiary alicyclic amines) is 2. The molecule has 2 heterocycles. The topological polar surface area (TPSA) is 59.1 Å². The number of piperidine rings is 1. The van der Waals surface area contributed by atoms with Crippen LogP contribution in [0.15, 0.2) is 0 Å². The summed E-state index contributed by atoms with van der Waals surface area (Å²) >= 11 is 0. The molecule has 0 spiro atoms. The van der Waals surface area contributed by atoms with Crippen molar-refractivity contribution in [1.82, 2.24) is 9.80 Å². The summed E-state index contributed by atoms with van der Waals surface area (Å²) < 4.78 is 10.1. The summed E-state index contributed by atoms with van der Waals surface area (Å²) in [6, 6.07) is 0. The number of hydrogen-bond donors (Lipinski definition) is 0. The summed E-state index contributed by atoms with van der Waals surface area (Å²) in [6.07, 6.45) is 2.63. The number of nitrogens with zero attached hydrogens (tertiary/aromatic N) is 2. The Bertz CT molecular complexity index is 427. The normalized spacial score (nSPS) is 23.3. The van der Waals surface area contributed by atoms with E-state index >= 15 is 0 Å². The van der Waals surface area contributed by atoms with Crippen LogP contribution in [0.3, 0.4) is 0 Å². The van der Waals surface area contributed by atoms with Crippen LogP contribution in [-0.4, -0.2) is 67.3 Å². The van der Waals surface area contributed by atoms with Crippen LogP contribution in [0.5, 0.6) is 0 Å². The maximum atomic E-state index is 12.0. The fourth-order valence-electron chi connectivity index (χ4n) is 3.32. The molecule has 6 heteroatoms. The van der Waals surface area contributed by atoms with Crippen LogP contribution in [0, 0.1) is 11.8 Å². The van der Waals surface area contributed by atoms with Crippen LogP contribution >= 0.6 is 0 Å². The van der Waals surface area contributed by atoms with Gasteiger partial charge in [0.25, 0.3) is 0 Å². The van der Waals surface area contributed by atoms with Crippen LogP contribution in [0.4, 0.5) is 4.79 Å². The number of carbonyl (C=O) groups is 2. The molecule has 2 fully saturated rings. The van der Waals surface area contributed by atoms with Gasteiger partial charge in [-0.1, -0.05) is 0 Å². The van der Waals surface area contributed by atoms with Crippen LogP contribution < -0.4 is 0 Å². The Morgan fingerprint density at radius 1 is 1.13 bits per heavy atom. The van der Waals surface area contributed by atoms with Gasteiger partial charge in [-0.05, 0) is 52.0 Å². The maximum Gasteiger partial charge on any atom is 0.410 e. The van der Waals surface area contributed by atoms with Gasteiger partial charge in [0.05, 0.1) is 13.5 Å². The van der Waals surface area contributed by atoms with Crippen LogP contribution in [0.2, 0.25) is 0 Å². The second-order valence-electron chi connectivity index (χ2n) is 7.67. The monoisotopic (exact) mass is 326 g/mol. The molecule has 2 saturated heterocycles. The Morgan fingerprint density at radius 3 is 2.43 bits per heavy atom. The lowest BCUT2D eigenvalue weighted by atomic mass is 9.81. The number of carbonyl (C=O) groups excluding carboxylic acids is 2. The summed E-state index contributed by atoms with van der Waals surface area (Å²) in [7, 11) is 1.43. The quantitative estimate of drug-likeness (QED) is 0.741. The van der Waals surface area contributed by atoms with Crippen molar-refractivity contribution in [3.05, 3.63) is 0 Å². The van der Waals surface area contributed by atoms with Gasteiger partial charge >= 0.3 is 12.1 Å². The molecule has 23 heavy (non-hydrogen) atoms. The highest BCUT2D eigenvalue weighted by Crippen LogP contribution is 2.31. The molecule has 2 aliphatic rings. The molecule has 0 radical (unpaired) electrons. The molecule has 0 N–H and O–H groups in total. The molecule has 1 amide bonds. The van der Waals surface area contributed by atoms with E-state index < -0.39 is 5.60 Å².